The molecule has 1 saturated heterocycles. The number of aryl methyl sites for hydroxylation is 1. The van der Waals surface area contributed by atoms with Crippen molar-refractivity contribution in [3.63, 3.8) is 0 Å². The van der Waals surface area contributed by atoms with Crippen LogP contribution in [0.15, 0.2) is 54.6 Å². The molecule has 0 radical (unpaired) electrons. The first-order valence-corrected chi connectivity index (χ1v) is 9.29. The Morgan fingerprint density at radius 3 is 2.54 bits per heavy atom. The molecule has 0 saturated carbocycles. The fourth-order valence-electron chi connectivity index (χ4n) is 3.60. The lowest BCUT2D eigenvalue weighted by Crippen LogP contribution is -2.34. The molecule has 0 aliphatic carbocycles. The molecule has 1 N–H and O–H groups in total. The number of hydrogen-bond acceptors (Lipinski definition) is 4. The van der Waals surface area contributed by atoms with E-state index in [0.717, 1.165) is 54.3 Å². The number of ether oxygens (including phenoxy) is 1. The molecule has 1 aliphatic rings. The van der Waals surface area contributed by atoms with Crippen LogP contribution in [0.2, 0.25) is 0 Å². The number of nitrogens with one attached hydrogen (secondary N) is 1. The molecule has 2 aromatic carbocycles. The van der Waals surface area contributed by atoms with Crippen molar-refractivity contribution in [2.24, 2.45) is 0 Å². The van der Waals surface area contributed by atoms with Crippen molar-refractivity contribution in [3.05, 3.63) is 60.3 Å². The van der Waals surface area contributed by atoms with Crippen molar-refractivity contribution in [2.45, 2.75) is 25.9 Å². The van der Waals surface area contributed by atoms with E-state index < -0.39 is 0 Å². The van der Waals surface area contributed by atoms with Crippen LogP contribution in [0, 0.1) is 6.92 Å². The topological polar surface area (TPSA) is 37.4 Å². The van der Waals surface area contributed by atoms with E-state index in [1.54, 1.807) is 0 Å². The van der Waals surface area contributed by atoms with Crippen molar-refractivity contribution in [3.8, 4) is 5.88 Å². The Labute approximate surface area is 154 Å². The van der Waals surface area contributed by atoms with Gasteiger partial charge in [0.25, 0.3) is 0 Å². The predicted octanol–water partition coefficient (Wildman–Crippen LogP) is 4.44. The highest BCUT2D eigenvalue weighted by Crippen LogP contribution is 2.35. The summed E-state index contributed by atoms with van der Waals surface area (Å²) in [6.45, 7) is 4.06. The molecule has 0 amide bonds. The summed E-state index contributed by atoms with van der Waals surface area (Å²) in [6, 6.07) is 18.9. The third kappa shape index (κ3) is 3.37. The predicted molar refractivity (Wildman–Crippen MR) is 108 cm³/mol. The van der Waals surface area contributed by atoms with Gasteiger partial charge in [-0.2, -0.15) is 0 Å². The highest BCUT2D eigenvalue weighted by Gasteiger charge is 2.18. The Kier molecular flexibility index (Phi) is 4.76. The number of aromatic nitrogens is 1. The van der Waals surface area contributed by atoms with E-state index in [-0.39, 0.29) is 6.10 Å². The minimum atomic E-state index is 0.240. The zero-order valence-corrected chi connectivity index (χ0v) is 15.4. The smallest absolute Gasteiger partial charge is 0.221 e. The maximum Gasteiger partial charge on any atom is 0.221 e. The largest absolute Gasteiger partial charge is 0.474 e. The lowest BCUT2D eigenvalue weighted by atomic mass is 10.1. The zero-order valence-electron chi connectivity index (χ0n) is 15.4. The SMILES string of the molecule is Cc1cc2c(N(C)c3ccccc3)cccc2c(OC2CCNCC2)n1. The second kappa shape index (κ2) is 7.34. The number of benzene rings is 2. The maximum atomic E-state index is 6.32. The summed E-state index contributed by atoms with van der Waals surface area (Å²) in [4.78, 5) is 6.93. The van der Waals surface area contributed by atoms with Gasteiger partial charge in [0.2, 0.25) is 5.88 Å². The number of nitrogens with zero attached hydrogens (tertiary/aromatic N) is 2. The van der Waals surface area contributed by atoms with Gasteiger partial charge in [0.1, 0.15) is 6.10 Å². The van der Waals surface area contributed by atoms with E-state index >= 15 is 0 Å². The molecule has 0 unspecified atom stereocenters. The Hall–Kier alpha value is -2.59. The van der Waals surface area contributed by atoms with Gasteiger partial charge in [0.15, 0.2) is 0 Å². The van der Waals surface area contributed by atoms with Gasteiger partial charge in [-0.05, 0) is 63.2 Å². The first-order valence-electron chi connectivity index (χ1n) is 9.29. The third-order valence-electron chi connectivity index (χ3n) is 5.01. The Bertz CT molecular complexity index is 889. The zero-order chi connectivity index (χ0) is 17.9. The van der Waals surface area contributed by atoms with Crippen LogP contribution >= 0.6 is 0 Å². The molecule has 0 atom stereocenters. The highest BCUT2D eigenvalue weighted by atomic mass is 16.5. The van der Waals surface area contributed by atoms with Crippen LogP contribution in [-0.4, -0.2) is 31.2 Å². The monoisotopic (exact) mass is 347 g/mol. The number of rotatable bonds is 4. The van der Waals surface area contributed by atoms with E-state index in [2.05, 4.69) is 65.8 Å². The fourth-order valence-corrected chi connectivity index (χ4v) is 3.60. The number of pyridine rings is 1. The average Bonchev–Trinajstić information content (AvgIpc) is 2.68. The minimum Gasteiger partial charge on any atom is -0.474 e. The molecule has 134 valence electrons. The van der Waals surface area contributed by atoms with Crippen LogP contribution in [0.1, 0.15) is 18.5 Å². The summed E-state index contributed by atoms with van der Waals surface area (Å²) >= 11 is 0. The van der Waals surface area contributed by atoms with Crippen molar-refractivity contribution in [1.29, 1.82) is 0 Å². The lowest BCUT2D eigenvalue weighted by Gasteiger charge is -2.25. The van der Waals surface area contributed by atoms with Gasteiger partial charge >= 0.3 is 0 Å². The first kappa shape index (κ1) is 16.9. The maximum absolute atomic E-state index is 6.32. The second-order valence-electron chi connectivity index (χ2n) is 6.90. The number of hydrogen-bond donors (Lipinski definition) is 1. The molecule has 3 aromatic rings. The molecule has 1 aliphatic heterocycles. The van der Waals surface area contributed by atoms with Gasteiger partial charge in [-0.25, -0.2) is 4.98 Å². The summed E-state index contributed by atoms with van der Waals surface area (Å²) in [7, 11) is 2.10. The van der Waals surface area contributed by atoms with Gasteiger partial charge in [-0.1, -0.05) is 24.3 Å². The summed E-state index contributed by atoms with van der Waals surface area (Å²) < 4.78 is 6.32. The van der Waals surface area contributed by atoms with Crippen LogP contribution in [0.3, 0.4) is 0 Å². The molecule has 1 fully saturated rings. The van der Waals surface area contributed by atoms with Gasteiger partial charge < -0.3 is 15.0 Å². The summed E-state index contributed by atoms with van der Waals surface area (Å²) in [5.41, 5.74) is 3.31. The van der Waals surface area contributed by atoms with Crippen LogP contribution in [0.5, 0.6) is 5.88 Å². The van der Waals surface area contributed by atoms with Crippen molar-refractivity contribution >= 4 is 22.1 Å². The number of fused-ring (bicyclic) bond motifs is 1. The van der Waals surface area contributed by atoms with Gasteiger partial charge in [-0.15, -0.1) is 0 Å². The molecule has 1 aromatic heterocycles. The molecule has 0 spiro atoms. The van der Waals surface area contributed by atoms with E-state index in [9.17, 15) is 0 Å². The molecule has 26 heavy (non-hydrogen) atoms. The molecular formula is C22H25N3O. The molecule has 4 heteroatoms. The Morgan fingerprint density at radius 1 is 1.00 bits per heavy atom. The number of piperidine rings is 1. The fraction of sp³-hybridized carbons (Fsp3) is 0.318. The average molecular weight is 347 g/mol. The molecular weight excluding hydrogens is 322 g/mol. The Morgan fingerprint density at radius 2 is 1.77 bits per heavy atom. The van der Waals surface area contributed by atoms with E-state index in [0.29, 0.717) is 0 Å². The van der Waals surface area contributed by atoms with E-state index in [4.69, 9.17) is 9.72 Å². The summed E-state index contributed by atoms with van der Waals surface area (Å²) in [5, 5.41) is 5.64. The highest BCUT2D eigenvalue weighted by molar-refractivity contribution is 5.98. The van der Waals surface area contributed by atoms with Gasteiger partial charge in [0, 0.05) is 34.9 Å². The first-order chi connectivity index (χ1) is 12.7. The normalized spacial score (nSPS) is 15.2. The number of para-hydroxylation sites is 1. The van der Waals surface area contributed by atoms with Crippen LogP contribution in [-0.2, 0) is 0 Å². The van der Waals surface area contributed by atoms with Crippen LogP contribution < -0.4 is 15.0 Å². The molecule has 0 bridgehead atoms. The van der Waals surface area contributed by atoms with Crippen LogP contribution in [0.4, 0.5) is 11.4 Å². The van der Waals surface area contributed by atoms with Crippen molar-refractivity contribution < 1.29 is 4.74 Å². The van der Waals surface area contributed by atoms with E-state index in [1.165, 1.54) is 5.39 Å². The molecule has 4 rings (SSSR count). The minimum absolute atomic E-state index is 0.240. The van der Waals surface area contributed by atoms with E-state index in [1.807, 2.05) is 13.0 Å². The lowest BCUT2D eigenvalue weighted by molar-refractivity contribution is 0.158. The van der Waals surface area contributed by atoms with Crippen LogP contribution in [0.25, 0.3) is 10.8 Å². The van der Waals surface area contributed by atoms with Gasteiger partial charge in [0.05, 0.1) is 0 Å². The number of anilines is 2. The Balaban J connectivity index is 1.76. The summed E-state index contributed by atoms with van der Waals surface area (Å²) in [6.07, 6.45) is 2.30. The third-order valence-corrected chi connectivity index (χ3v) is 5.01. The second-order valence-corrected chi connectivity index (χ2v) is 6.90. The van der Waals surface area contributed by atoms with Gasteiger partial charge in [-0.3, -0.25) is 0 Å². The standard InChI is InChI=1S/C22H25N3O/c1-16-15-20-19(22(24-16)26-18-11-13-23-14-12-18)9-6-10-21(20)25(2)17-7-4-3-5-8-17/h3-10,15,18,23H,11-14H2,1-2H3. The quantitative estimate of drug-likeness (QED) is 0.757. The van der Waals surface area contributed by atoms with Crippen molar-refractivity contribution in [1.82, 2.24) is 10.3 Å². The summed E-state index contributed by atoms with van der Waals surface area (Å²) in [5.74, 6) is 0.759. The molecule has 2 heterocycles. The molecule has 4 nitrogen and oxygen atoms in total. The van der Waals surface area contributed by atoms with Crippen molar-refractivity contribution in [2.75, 3.05) is 25.0 Å².